The van der Waals surface area contributed by atoms with Crippen molar-refractivity contribution in [3.8, 4) is 28.6 Å². The van der Waals surface area contributed by atoms with Crippen LogP contribution in [0.2, 0.25) is 0 Å². The predicted octanol–water partition coefficient (Wildman–Crippen LogP) is 3.39. The van der Waals surface area contributed by atoms with Gasteiger partial charge in [-0.25, -0.2) is 8.78 Å². The maximum absolute atomic E-state index is 13.6. The SMILES string of the molecule is Oc1cccc(-c2noc(-c3cc(F)ccc3F)n2)c1. The summed E-state index contributed by atoms with van der Waals surface area (Å²) in [5, 5.41) is 13.1. The summed E-state index contributed by atoms with van der Waals surface area (Å²) in [4.78, 5) is 4.00. The number of rotatable bonds is 2. The van der Waals surface area contributed by atoms with Crippen LogP contribution in [0.5, 0.6) is 5.75 Å². The van der Waals surface area contributed by atoms with E-state index in [4.69, 9.17) is 4.52 Å². The molecular formula is C14H8F2N2O2. The summed E-state index contributed by atoms with van der Waals surface area (Å²) in [6.07, 6.45) is 0. The Kier molecular flexibility index (Phi) is 2.90. The Morgan fingerprint density at radius 1 is 1.05 bits per heavy atom. The van der Waals surface area contributed by atoms with Crippen LogP contribution in [0.3, 0.4) is 0 Å². The molecule has 100 valence electrons. The summed E-state index contributed by atoms with van der Waals surface area (Å²) in [6, 6.07) is 9.19. The lowest BCUT2D eigenvalue weighted by Gasteiger charge is -1.97. The van der Waals surface area contributed by atoms with Crippen LogP contribution in [0.1, 0.15) is 0 Å². The number of phenols is 1. The van der Waals surface area contributed by atoms with Gasteiger partial charge >= 0.3 is 0 Å². The Bertz CT molecular complexity index is 771. The van der Waals surface area contributed by atoms with E-state index in [0.717, 1.165) is 18.2 Å². The highest BCUT2D eigenvalue weighted by atomic mass is 19.1. The topological polar surface area (TPSA) is 59.2 Å². The summed E-state index contributed by atoms with van der Waals surface area (Å²) in [5.41, 5.74) is 0.403. The Morgan fingerprint density at radius 2 is 1.90 bits per heavy atom. The molecule has 0 saturated carbocycles. The Balaban J connectivity index is 2.04. The van der Waals surface area contributed by atoms with Gasteiger partial charge in [-0.2, -0.15) is 4.98 Å². The van der Waals surface area contributed by atoms with Crippen molar-refractivity contribution in [2.75, 3.05) is 0 Å². The molecule has 4 nitrogen and oxygen atoms in total. The molecule has 0 fully saturated rings. The molecule has 0 spiro atoms. The first-order valence-corrected chi connectivity index (χ1v) is 5.72. The van der Waals surface area contributed by atoms with Crippen molar-refractivity contribution < 1.29 is 18.4 Å². The summed E-state index contributed by atoms with van der Waals surface area (Å²) < 4.78 is 31.7. The lowest BCUT2D eigenvalue weighted by Crippen LogP contribution is -1.87. The number of benzene rings is 2. The summed E-state index contributed by atoms with van der Waals surface area (Å²) >= 11 is 0. The van der Waals surface area contributed by atoms with Crippen LogP contribution < -0.4 is 0 Å². The van der Waals surface area contributed by atoms with Gasteiger partial charge in [0.25, 0.3) is 5.89 Å². The number of aromatic hydroxyl groups is 1. The second kappa shape index (κ2) is 4.73. The zero-order valence-corrected chi connectivity index (χ0v) is 10.0. The number of phenolic OH excluding ortho intramolecular Hbond substituents is 1. The molecule has 0 unspecified atom stereocenters. The van der Waals surface area contributed by atoms with Gasteiger partial charge in [-0.1, -0.05) is 17.3 Å². The van der Waals surface area contributed by atoms with Crippen LogP contribution in [0.15, 0.2) is 47.0 Å². The Labute approximate surface area is 112 Å². The van der Waals surface area contributed by atoms with Crippen LogP contribution in [0.25, 0.3) is 22.8 Å². The molecule has 0 bridgehead atoms. The quantitative estimate of drug-likeness (QED) is 0.778. The van der Waals surface area contributed by atoms with Gasteiger partial charge in [-0.15, -0.1) is 0 Å². The number of hydrogen-bond donors (Lipinski definition) is 1. The molecule has 1 aromatic heterocycles. The van der Waals surface area contributed by atoms with Gasteiger partial charge < -0.3 is 9.63 Å². The van der Waals surface area contributed by atoms with E-state index >= 15 is 0 Å². The highest BCUT2D eigenvalue weighted by molar-refractivity contribution is 5.61. The Hall–Kier alpha value is -2.76. The molecule has 0 aliphatic rings. The predicted molar refractivity (Wildman–Crippen MR) is 66.8 cm³/mol. The third-order valence-electron chi connectivity index (χ3n) is 2.69. The minimum atomic E-state index is -0.655. The number of nitrogens with zero attached hydrogens (tertiary/aromatic N) is 2. The summed E-state index contributed by atoms with van der Waals surface area (Å²) in [7, 11) is 0. The highest BCUT2D eigenvalue weighted by Gasteiger charge is 2.15. The average molecular weight is 274 g/mol. The van der Waals surface area contributed by atoms with E-state index < -0.39 is 11.6 Å². The smallest absolute Gasteiger partial charge is 0.261 e. The van der Waals surface area contributed by atoms with Gasteiger partial charge in [0.15, 0.2) is 0 Å². The molecule has 0 aliphatic carbocycles. The minimum Gasteiger partial charge on any atom is -0.508 e. The summed E-state index contributed by atoms with van der Waals surface area (Å²) in [6.45, 7) is 0. The molecule has 3 rings (SSSR count). The van der Waals surface area contributed by atoms with E-state index in [-0.39, 0.29) is 23.0 Å². The fourth-order valence-electron chi connectivity index (χ4n) is 1.76. The van der Waals surface area contributed by atoms with Crippen molar-refractivity contribution in [1.29, 1.82) is 0 Å². The monoisotopic (exact) mass is 274 g/mol. The first-order chi connectivity index (χ1) is 9.63. The number of aromatic nitrogens is 2. The molecule has 0 radical (unpaired) electrons. The van der Waals surface area contributed by atoms with Crippen LogP contribution in [-0.4, -0.2) is 15.2 Å². The van der Waals surface area contributed by atoms with E-state index in [2.05, 4.69) is 10.1 Å². The van der Waals surface area contributed by atoms with E-state index in [1.54, 1.807) is 12.1 Å². The second-order valence-electron chi connectivity index (χ2n) is 4.10. The largest absolute Gasteiger partial charge is 0.508 e. The lowest BCUT2D eigenvalue weighted by molar-refractivity contribution is 0.429. The van der Waals surface area contributed by atoms with Gasteiger partial charge in [0, 0.05) is 5.56 Å². The van der Waals surface area contributed by atoms with Crippen molar-refractivity contribution in [2.45, 2.75) is 0 Å². The van der Waals surface area contributed by atoms with Gasteiger partial charge in [-0.3, -0.25) is 0 Å². The Morgan fingerprint density at radius 3 is 2.70 bits per heavy atom. The molecule has 0 atom stereocenters. The molecule has 1 heterocycles. The fraction of sp³-hybridized carbons (Fsp3) is 0. The highest BCUT2D eigenvalue weighted by Crippen LogP contribution is 2.26. The molecule has 6 heteroatoms. The standard InChI is InChI=1S/C14H8F2N2O2/c15-9-4-5-12(16)11(7-9)14-17-13(18-20-14)8-2-1-3-10(19)6-8/h1-7,19H. The average Bonchev–Trinajstić information content (AvgIpc) is 2.91. The van der Waals surface area contributed by atoms with Gasteiger partial charge in [0.05, 0.1) is 5.56 Å². The zero-order valence-electron chi connectivity index (χ0n) is 10.0. The molecular weight excluding hydrogens is 266 g/mol. The van der Waals surface area contributed by atoms with Crippen LogP contribution in [-0.2, 0) is 0 Å². The molecule has 0 aliphatic heterocycles. The summed E-state index contributed by atoms with van der Waals surface area (Å²) in [5.74, 6) is -1.15. The molecule has 20 heavy (non-hydrogen) atoms. The van der Waals surface area contributed by atoms with E-state index in [9.17, 15) is 13.9 Å². The van der Waals surface area contributed by atoms with Crippen LogP contribution in [0, 0.1) is 11.6 Å². The zero-order chi connectivity index (χ0) is 14.1. The van der Waals surface area contributed by atoms with Crippen molar-refractivity contribution in [3.05, 3.63) is 54.1 Å². The molecule has 2 aromatic carbocycles. The van der Waals surface area contributed by atoms with Gasteiger partial charge in [-0.05, 0) is 30.3 Å². The first kappa shape index (κ1) is 12.3. The van der Waals surface area contributed by atoms with E-state index in [0.29, 0.717) is 5.56 Å². The maximum atomic E-state index is 13.6. The van der Waals surface area contributed by atoms with Crippen molar-refractivity contribution in [1.82, 2.24) is 10.1 Å². The lowest BCUT2D eigenvalue weighted by atomic mass is 10.2. The fourth-order valence-corrected chi connectivity index (χ4v) is 1.76. The minimum absolute atomic E-state index is 0.0470. The van der Waals surface area contributed by atoms with Crippen LogP contribution in [0.4, 0.5) is 8.78 Å². The third kappa shape index (κ3) is 2.23. The van der Waals surface area contributed by atoms with Crippen molar-refractivity contribution in [3.63, 3.8) is 0 Å². The normalized spacial score (nSPS) is 10.7. The maximum Gasteiger partial charge on any atom is 0.261 e. The third-order valence-corrected chi connectivity index (χ3v) is 2.69. The van der Waals surface area contributed by atoms with Gasteiger partial charge in [0.1, 0.15) is 17.4 Å². The number of halogens is 2. The van der Waals surface area contributed by atoms with E-state index in [1.807, 2.05) is 0 Å². The first-order valence-electron chi connectivity index (χ1n) is 5.72. The number of hydrogen-bond acceptors (Lipinski definition) is 4. The van der Waals surface area contributed by atoms with E-state index in [1.165, 1.54) is 12.1 Å². The van der Waals surface area contributed by atoms with Crippen molar-refractivity contribution in [2.24, 2.45) is 0 Å². The molecule has 0 saturated heterocycles. The van der Waals surface area contributed by atoms with Crippen molar-refractivity contribution >= 4 is 0 Å². The molecule has 1 N–H and O–H groups in total. The van der Waals surface area contributed by atoms with Crippen LogP contribution >= 0.6 is 0 Å². The molecule has 3 aromatic rings. The second-order valence-corrected chi connectivity index (χ2v) is 4.10. The molecule has 0 amide bonds. The van der Waals surface area contributed by atoms with Gasteiger partial charge in [0.2, 0.25) is 5.82 Å².